The molecule has 3 aromatic rings. The monoisotopic (exact) mass is 355 g/mol. The summed E-state index contributed by atoms with van der Waals surface area (Å²) >= 11 is 0. The largest absolute Gasteiger partial charge is 0.481 e. The number of halogens is 1. The second-order valence-corrected chi connectivity index (χ2v) is 5.75. The number of anilines is 1. The predicted molar refractivity (Wildman–Crippen MR) is 94.2 cm³/mol. The Labute approximate surface area is 150 Å². The molecule has 1 heterocycles. The molecule has 0 saturated carbocycles. The number of nitrogens with one attached hydrogen (secondary N) is 1. The van der Waals surface area contributed by atoms with Crippen LogP contribution in [0.25, 0.3) is 11.5 Å². The summed E-state index contributed by atoms with van der Waals surface area (Å²) in [5.74, 6) is 0.00451. The van der Waals surface area contributed by atoms with E-state index in [0.29, 0.717) is 18.1 Å². The van der Waals surface area contributed by atoms with Gasteiger partial charge in [0.15, 0.2) is 6.10 Å². The van der Waals surface area contributed by atoms with E-state index in [1.54, 1.807) is 0 Å². The number of rotatable bonds is 6. The van der Waals surface area contributed by atoms with Crippen LogP contribution in [-0.2, 0) is 4.79 Å². The Balaban J connectivity index is 1.67. The molecule has 1 aromatic heterocycles. The van der Waals surface area contributed by atoms with E-state index in [0.717, 1.165) is 11.1 Å². The maximum Gasteiger partial charge on any atom is 0.270 e. The van der Waals surface area contributed by atoms with Crippen LogP contribution in [0, 0.1) is 12.7 Å². The van der Waals surface area contributed by atoms with E-state index in [-0.39, 0.29) is 11.8 Å². The Morgan fingerprint density at radius 3 is 2.73 bits per heavy atom. The molecule has 0 bridgehead atoms. The van der Waals surface area contributed by atoms with Gasteiger partial charge in [0.2, 0.25) is 0 Å². The van der Waals surface area contributed by atoms with Crippen LogP contribution in [0.5, 0.6) is 5.75 Å². The van der Waals surface area contributed by atoms with Gasteiger partial charge < -0.3 is 9.26 Å². The minimum atomic E-state index is -0.763. The third-order valence-electron chi connectivity index (χ3n) is 3.68. The Hall–Kier alpha value is -3.22. The summed E-state index contributed by atoms with van der Waals surface area (Å²) in [5.41, 5.74) is 1.83. The van der Waals surface area contributed by atoms with E-state index in [2.05, 4.69) is 15.5 Å². The molecule has 1 amide bonds. The lowest BCUT2D eigenvalue weighted by Crippen LogP contribution is -2.32. The quantitative estimate of drug-likeness (QED) is 0.724. The number of aryl methyl sites for hydroxylation is 1. The second kappa shape index (κ2) is 7.77. The molecule has 0 radical (unpaired) electrons. The van der Waals surface area contributed by atoms with E-state index < -0.39 is 12.0 Å². The van der Waals surface area contributed by atoms with Gasteiger partial charge in [-0.1, -0.05) is 24.6 Å². The number of benzene rings is 2. The molecule has 1 N–H and O–H groups in total. The van der Waals surface area contributed by atoms with Gasteiger partial charge in [0.25, 0.3) is 17.7 Å². The molecule has 2 aromatic carbocycles. The summed E-state index contributed by atoms with van der Waals surface area (Å²) in [7, 11) is 0. The van der Waals surface area contributed by atoms with E-state index in [1.165, 1.54) is 24.3 Å². The van der Waals surface area contributed by atoms with Crippen molar-refractivity contribution in [2.75, 3.05) is 5.32 Å². The number of hydrogen-bond donors (Lipinski definition) is 1. The lowest BCUT2D eigenvalue weighted by Gasteiger charge is -2.15. The molecule has 0 fully saturated rings. The fourth-order valence-electron chi connectivity index (χ4n) is 2.36. The molecule has 3 rings (SSSR count). The third kappa shape index (κ3) is 4.24. The van der Waals surface area contributed by atoms with Crippen molar-refractivity contribution in [3.63, 3.8) is 0 Å². The van der Waals surface area contributed by atoms with Crippen molar-refractivity contribution in [3.05, 3.63) is 59.9 Å². The highest BCUT2D eigenvalue weighted by Crippen LogP contribution is 2.20. The number of carbonyl (C=O) groups is 1. The standard InChI is InChI=1S/C19H18FN3O3/c1-3-16(25-15-9-7-14(20)8-10-15)17(24)21-19-22-18(26-23-19)13-6-4-5-12(2)11-13/h4-11,16H,3H2,1-2H3,(H,21,23,24)/t16-/m0/s1. The summed E-state index contributed by atoms with van der Waals surface area (Å²) in [5, 5.41) is 6.35. The maximum atomic E-state index is 13.0. The van der Waals surface area contributed by atoms with E-state index in [9.17, 15) is 9.18 Å². The lowest BCUT2D eigenvalue weighted by molar-refractivity contribution is -0.122. The van der Waals surface area contributed by atoms with Crippen LogP contribution >= 0.6 is 0 Å². The molecular formula is C19H18FN3O3. The van der Waals surface area contributed by atoms with Crippen LogP contribution in [0.3, 0.4) is 0 Å². The van der Waals surface area contributed by atoms with Crippen LogP contribution in [-0.4, -0.2) is 22.2 Å². The molecule has 26 heavy (non-hydrogen) atoms. The average molecular weight is 355 g/mol. The Bertz CT molecular complexity index is 893. The van der Waals surface area contributed by atoms with E-state index in [1.807, 2.05) is 38.1 Å². The molecule has 0 aliphatic carbocycles. The SMILES string of the molecule is CC[C@H](Oc1ccc(F)cc1)C(=O)Nc1noc(-c2cccc(C)c2)n1. The Kier molecular flexibility index (Phi) is 5.26. The zero-order chi connectivity index (χ0) is 18.5. The molecule has 1 atom stereocenters. The minimum Gasteiger partial charge on any atom is -0.481 e. The average Bonchev–Trinajstić information content (AvgIpc) is 3.09. The van der Waals surface area contributed by atoms with Gasteiger partial charge in [-0.3, -0.25) is 10.1 Å². The van der Waals surface area contributed by atoms with Crippen LogP contribution in [0.2, 0.25) is 0 Å². The zero-order valence-corrected chi connectivity index (χ0v) is 14.4. The molecule has 0 spiro atoms. The van der Waals surface area contributed by atoms with Gasteiger partial charge in [0, 0.05) is 5.56 Å². The Morgan fingerprint density at radius 2 is 2.04 bits per heavy atom. The highest BCUT2D eigenvalue weighted by molar-refractivity contribution is 5.92. The van der Waals surface area contributed by atoms with Gasteiger partial charge in [-0.25, -0.2) is 4.39 Å². The van der Waals surface area contributed by atoms with Crippen LogP contribution in [0.1, 0.15) is 18.9 Å². The van der Waals surface area contributed by atoms with Crippen molar-refractivity contribution >= 4 is 11.9 Å². The fraction of sp³-hybridized carbons (Fsp3) is 0.211. The van der Waals surface area contributed by atoms with Crippen LogP contribution in [0.4, 0.5) is 10.3 Å². The van der Waals surface area contributed by atoms with Gasteiger partial charge >= 0.3 is 0 Å². The topological polar surface area (TPSA) is 77.2 Å². The first-order chi connectivity index (χ1) is 12.5. The van der Waals surface area contributed by atoms with Crippen molar-refractivity contribution < 1.29 is 18.4 Å². The smallest absolute Gasteiger partial charge is 0.270 e. The molecule has 0 saturated heterocycles. The first kappa shape index (κ1) is 17.6. The predicted octanol–water partition coefficient (Wildman–Crippen LogP) is 3.98. The summed E-state index contributed by atoms with van der Waals surface area (Å²) in [6.45, 7) is 3.77. The summed E-state index contributed by atoms with van der Waals surface area (Å²) < 4.78 is 23.7. The number of hydrogen-bond acceptors (Lipinski definition) is 5. The molecule has 134 valence electrons. The first-order valence-corrected chi connectivity index (χ1v) is 8.19. The van der Waals surface area contributed by atoms with Gasteiger partial charge in [0.05, 0.1) is 0 Å². The number of ether oxygens (including phenoxy) is 1. The maximum absolute atomic E-state index is 13.0. The molecule has 7 heteroatoms. The second-order valence-electron chi connectivity index (χ2n) is 5.75. The van der Waals surface area contributed by atoms with Gasteiger partial charge in [-0.15, -0.1) is 0 Å². The Morgan fingerprint density at radius 1 is 1.27 bits per heavy atom. The normalized spacial score (nSPS) is 11.8. The van der Waals surface area contributed by atoms with Gasteiger partial charge in [-0.05, 0) is 54.9 Å². The number of aromatic nitrogens is 2. The molecule has 6 nitrogen and oxygen atoms in total. The lowest BCUT2D eigenvalue weighted by atomic mass is 10.1. The van der Waals surface area contributed by atoms with E-state index >= 15 is 0 Å². The van der Waals surface area contributed by atoms with Crippen molar-refractivity contribution in [2.45, 2.75) is 26.4 Å². The molecule has 0 aliphatic heterocycles. The molecule has 0 unspecified atom stereocenters. The molecular weight excluding hydrogens is 337 g/mol. The summed E-state index contributed by atoms with van der Waals surface area (Å²) in [6, 6.07) is 13.1. The highest BCUT2D eigenvalue weighted by Gasteiger charge is 2.21. The van der Waals surface area contributed by atoms with Crippen LogP contribution in [0.15, 0.2) is 53.1 Å². The van der Waals surface area contributed by atoms with Crippen molar-refractivity contribution in [3.8, 4) is 17.2 Å². The minimum absolute atomic E-state index is 0.0627. The fourth-order valence-corrected chi connectivity index (χ4v) is 2.36. The van der Waals surface area contributed by atoms with E-state index in [4.69, 9.17) is 9.26 Å². The number of amides is 1. The zero-order valence-electron chi connectivity index (χ0n) is 14.4. The van der Waals surface area contributed by atoms with Crippen molar-refractivity contribution in [1.82, 2.24) is 10.1 Å². The number of carbonyl (C=O) groups excluding carboxylic acids is 1. The highest BCUT2D eigenvalue weighted by atomic mass is 19.1. The molecule has 0 aliphatic rings. The van der Waals surface area contributed by atoms with Crippen LogP contribution < -0.4 is 10.1 Å². The van der Waals surface area contributed by atoms with Gasteiger partial charge in [0.1, 0.15) is 11.6 Å². The summed E-state index contributed by atoms with van der Waals surface area (Å²) in [4.78, 5) is 16.6. The summed E-state index contributed by atoms with van der Waals surface area (Å²) in [6.07, 6.45) is -0.340. The van der Waals surface area contributed by atoms with Gasteiger partial charge in [-0.2, -0.15) is 4.98 Å². The number of nitrogens with zero attached hydrogens (tertiary/aromatic N) is 2. The van der Waals surface area contributed by atoms with Crippen molar-refractivity contribution in [2.24, 2.45) is 0 Å². The first-order valence-electron chi connectivity index (χ1n) is 8.19. The third-order valence-corrected chi connectivity index (χ3v) is 3.68. The van der Waals surface area contributed by atoms with Crippen molar-refractivity contribution in [1.29, 1.82) is 0 Å².